The maximum atomic E-state index is 11.4. The molecule has 0 bridgehead atoms. The first-order valence-corrected chi connectivity index (χ1v) is 10.1. The van der Waals surface area contributed by atoms with Crippen LogP contribution in [0.2, 0.25) is 0 Å². The van der Waals surface area contributed by atoms with Crippen molar-refractivity contribution in [1.29, 1.82) is 0 Å². The van der Waals surface area contributed by atoms with Gasteiger partial charge in [0.05, 0.1) is 24.4 Å². The Labute approximate surface area is 175 Å². The predicted molar refractivity (Wildman–Crippen MR) is 113 cm³/mol. The Balaban J connectivity index is 2.00. The summed E-state index contributed by atoms with van der Waals surface area (Å²) in [4.78, 5) is 12.1. The molecule has 152 valence electrons. The van der Waals surface area contributed by atoms with Crippen molar-refractivity contribution in [3.63, 3.8) is 0 Å². The fourth-order valence-electron chi connectivity index (χ4n) is 2.61. The van der Waals surface area contributed by atoms with Crippen LogP contribution in [0.25, 0.3) is 0 Å². The highest BCUT2D eigenvalue weighted by atomic mass is 32.1. The molecule has 0 saturated heterocycles. The molecule has 1 N–H and O–H groups in total. The molecule has 0 aliphatic heterocycles. The lowest BCUT2D eigenvalue weighted by Gasteiger charge is -2.11. The van der Waals surface area contributed by atoms with Gasteiger partial charge < -0.3 is 9.47 Å². The molecule has 2 aromatic heterocycles. The zero-order chi connectivity index (χ0) is 20.8. The van der Waals surface area contributed by atoms with E-state index in [4.69, 9.17) is 21.7 Å². The van der Waals surface area contributed by atoms with Crippen molar-refractivity contribution >= 4 is 35.5 Å². The molecule has 0 aliphatic carbocycles. The molecular formula is C18H19N5O4S2. The minimum absolute atomic E-state index is 0.149. The monoisotopic (exact) mass is 433 g/mol. The molecule has 0 aliphatic rings. The zero-order valence-electron chi connectivity index (χ0n) is 15.8. The molecular weight excluding hydrogens is 414 g/mol. The van der Waals surface area contributed by atoms with Crippen LogP contribution < -0.4 is 9.47 Å². The Bertz CT molecular complexity index is 1070. The van der Waals surface area contributed by atoms with E-state index in [1.807, 2.05) is 24.4 Å². The van der Waals surface area contributed by atoms with E-state index in [-0.39, 0.29) is 11.4 Å². The summed E-state index contributed by atoms with van der Waals surface area (Å²) in [5, 5.41) is 24.8. The lowest BCUT2D eigenvalue weighted by atomic mass is 10.1. The van der Waals surface area contributed by atoms with Gasteiger partial charge in [0.25, 0.3) is 0 Å². The lowest BCUT2D eigenvalue weighted by molar-refractivity contribution is -0.385. The fraction of sp³-hybridized carbons (Fsp3) is 0.278. The Hall–Kier alpha value is -3.05. The van der Waals surface area contributed by atoms with Crippen molar-refractivity contribution in [3.05, 3.63) is 60.8 Å². The van der Waals surface area contributed by atoms with Crippen LogP contribution in [0, 0.1) is 14.9 Å². The standard InChI is InChI=1S/C18H19N5O4S2/c1-3-26-15-10-16(27-4-2)14(23(24)25)8-12(15)11-19-22-17(20-21-18(22)28)9-13-6-5-7-29-13/h5-8,10-11H,3-4,9H2,1-2H3,(H,21,28)/b19-11-. The molecule has 0 fully saturated rings. The number of hydrogen-bond donors (Lipinski definition) is 1. The van der Waals surface area contributed by atoms with E-state index in [9.17, 15) is 10.1 Å². The average molecular weight is 434 g/mol. The first-order valence-electron chi connectivity index (χ1n) is 8.84. The Kier molecular flexibility index (Phi) is 6.73. The Morgan fingerprint density at radius 3 is 2.76 bits per heavy atom. The van der Waals surface area contributed by atoms with E-state index in [1.165, 1.54) is 23.0 Å². The smallest absolute Gasteiger partial charge is 0.311 e. The molecule has 0 spiro atoms. The number of aromatic amines is 1. The molecule has 9 nitrogen and oxygen atoms in total. The van der Waals surface area contributed by atoms with Gasteiger partial charge in [0.15, 0.2) is 5.82 Å². The van der Waals surface area contributed by atoms with Crippen LogP contribution in [0.1, 0.15) is 30.1 Å². The molecule has 3 rings (SSSR count). The summed E-state index contributed by atoms with van der Waals surface area (Å²) in [5.74, 6) is 1.21. The molecule has 0 saturated carbocycles. The van der Waals surface area contributed by atoms with Crippen molar-refractivity contribution in [2.75, 3.05) is 13.2 Å². The Morgan fingerprint density at radius 2 is 2.10 bits per heavy atom. The highest BCUT2D eigenvalue weighted by Gasteiger charge is 2.20. The van der Waals surface area contributed by atoms with Crippen LogP contribution in [0.3, 0.4) is 0 Å². The number of ether oxygens (including phenoxy) is 2. The van der Waals surface area contributed by atoms with Crippen LogP contribution in [-0.4, -0.2) is 39.2 Å². The molecule has 1 aromatic carbocycles. The lowest BCUT2D eigenvalue weighted by Crippen LogP contribution is -2.04. The van der Waals surface area contributed by atoms with Crippen LogP contribution >= 0.6 is 23.6 Å². The first-order chi connectivity index (χ1) is 14.0. The van der Waals surface area contributed by atoms with Gasteiger partial charge in [0.2, 0.25) is 10.5 Å². The summed E-state index contributed by atoms with van der Waals surface area (Å²) < 4.78 is 12.8. The van der Waals surface area contributed by atoms with Gasteiger partial charge in [-0.05, 0) is 37.5 Å². The fourth-order valence-corrected chi connectivity index (χ4v) is 3.51. The van der Waals surface area contributed by atoms with Gasteiger partial charge in [-0.2, -0.15) is 14.9 Å². The van der Waals surface area contributed by atoms with Crippen molar-refractivity contribution in [1.82, 2.24) is 14.9 Å². The quantitative estimate of drug-likeness (QED) is 0.235. The molecule has 0 unspecified atom stereocenters. The molecule has 29 heavy (non-hydrogen) atoms. The van der Waals surface area contributed by atoms with Crippen LogP contribution in [0.4, 0.5) is 5.69 Å². The summed E-state index contributed by atoms with van der Waals surface area (Å²) in [6.45, 7) is 4.28. The third-order valence-electron chi connectivity index (χ3n) is 3.83. The summed E-state index contributed by atoms with van der Waals surface area (Å²) in [7, 11) is 0. The number of nitrogens with one attached hydrogen (secondary N) is 1. The van der Waals surface area contributed by atoms with Gasteiger partial charge >= 0.3 is 5.69 Å². The van der Waals surface area contributed by atoms with Gasteiger partial charge in [-0.25, -0.2) is 0 Å². The summed E-state index contributed by atoms with van der Waals surface area (Å²) in [6.07, 6.45) is 2.03. The number of thiophene rings is 1. The van der Waals surface area contributed by atoms with Gasteiger partial charge in [-0.1, -0.05) is 6.07 Å². The Morgan fingerprint density at radius 1 is 1.34 bits per heavy atom. The molecule has 0 atom stereocenters. The second-order valence-corrected chi connectivity index (χ2v) is 7.16. The number of aromatic nitrogens is 3. The van der Waals surface area contributed by atoms with E-state index >= 15 is 0 Å². The van der Waals surface area contributed by atoms with Crippen molar-refractivity contribution in [2.45, 2.75) is 20.3 Å². The van der Waals surface area contributed by atoms with Gasteiger partial charge in [-0.3, -0.25) is 15.2 Å². The minimum atomic E-state index is -0.496. The summed E-state index contributed by atoms with van der Waals surface area (Å²) >= 11 is 6.87. The van der Waals surface area contributed by atoms with Gasteiger partial charge in [-0.15, -0.1) is 11.3 Å². The molecule has 3 aromatic rings. The topological polar surface area (TPSA) is 108 Å². The van der Waals surface area contributed by atoms with Crippen molar-refractivity contribution in [3.8, 4) is 11.5 Å². The van der Waals surface area contributed by atoms with Crippen molar-refractivity contribution in [2.24, 2.45) is 5.10 Å². The molecule has 2 heterocycles. The molecule has 11 heteroatoms. The normalized spacial score (nSPS) is 11.1. The zero-order valence-corrected chi connectivity index (χ0v) is 17.5. The number of hydrogen-bond acceptors (Lipinski definition) is 8. The third kappa shape index (κ3) is 4.87. The largest absolute Gasteiger partial charge is 0.493 e. The minimum Gasteiger partial charge on any atom is -0.493 e. The predicted octanol–water partition coefficient (Wildman–Crippen LogP) is 4.18. The second-order valence-electron chi connectivity index (χ2n) is 5.74. The second kappa shape index (κ2) is 9.43. The van der Waals surface area contributed by atoms with E-state index in [2.05, 4.69) is 15.3 Å². The SMILES string of the molecule is CCOc1cc(OCC)c([N+](=O)[O-])cc1/C=N\n1c(Cc2cccs2)n[nH]c1=S. The van der Waals surface area contributed by atoms with Crippen LogP contribution in [0.5, 0.6) is 11.5 Å². The van der Waals surface area contributed by atoms with Gasteiger partial charge in [0, 0.05) is 29.0 Å². The number of benzene rings is 1. The number of nitro benzene ring substituents is 1. The molecule has 0 amide bonds. The van der Waals surface area contributed by atoms with E-state index < -0.39 is 4.92 Å². The number of nitrogens with zero attached hydrogens (tertiary/aromatic N) is 4. The highest BCUT2D eigenvalue weighted by molar-refractivity contribution is 7.71. The number of rotatable bonds is 9. The third-order valence-corrected chi connectivity index (χ3v) is 4.97. The number of nitro groups is 1. The highest BCUT2D eigenvalue weighted by Crippen LogP contribution is 2.34. The van der Waals surface area contributed by atoms with Crippen molar-refractivity contribution < 1.29 is 14.4 Å². The summed E-state index contributed by atoms with van der Waals surface area (Å²) in [5.41, 5.74) is 0.276. The maximum absolute atomic E-state index is 11.4. The van der Waals surface area contributed by atoms with E-state index in [0.717, 1.165) is 4.88 Å². The molecule has 0 radical (unpaired) electrons. The maximum Gasteiger partial charge on any atom is 0.311 e. The van der Waals surface area contributed by atoms with Crippen LogP contribution in [0.15, 0.2) is 34.7 Å². The summed E-state index contributed by atoms with van der Waals surface area (Å²) in [6, 6.07) is 6.84. The van der Waals surface area contributed by atoms with E-state index in [1.54, 1.807) is 18.3 Å². The number of H-pyrrole nitrogens is 1. The van der Waals surface area contributed by atoms with Crippen LogP contribution in [-0.2, 0) is 6.42 Å². The first kappa shape index (κ1) is 20.7. The van der Waals surface area contributed by atoms with Gasteiger partial charge in [0.1, 0.15) is 5.75 Å². The van der Waals surface area contributed by atoms with E-state index in [0.29, 0.717) is 41.5 Å². The average Bonchev–Trinajstić information content (AvgIpc) is 3.32.